The summed E-state index contributed by atoms with van der Waals surface area (Å²) in [6, 6.07) is 12.3. The summed E-state index contributed by atoms with van der Waals surface area (Å²) >= 11 is 0. The summed E-state index contributed by atoms with van der Waals surface area (Å²) < 4.78 is 26.3. The van der Waals surface area contributed by atoms with Crippen molar-refractivity contribution in [1.82, 2.24) is 9.55 Å². The van der Waals surface area contributed by atoms with E-state index in [9.17, 15) is 9.18 Å². The van der Waals surface area contributed by atoms with Crippen molar-refractivity contribution in [3.63, 3.8) is 0 Å². The Morgan fingerprint density at radius 3 is 2.72 bits per heavy atom. The molecule has 3 aromatic rings. The standard InChI is InChI=1S/C22H25FN2O4/c23-18-12-20(29-19(18)14-26)25-13-16-11-17(28-21(16)24-22(25)27)10-6-2-5-9-15-7-3-1-4-8-15/h1,3-4,7-8,11,13,18-20,26H,2,5-6,9-10,12,14H2. The van der Waals surface area contributed by atoms with Crippen molar-refractivity contribution in [1.29, 1.82) is 0 Å². The van der Waals surface area contributed by atoms with Crippen LogP contribution in [0.25, 0.3) is 11.1 Å². The lowest BCUT2D eigenvalue weighted by Crippen LogP contribution is -2.27. The maximum absolute atomic E-state index is 13.8. The zero-order valence-electron chi connectivity index (χ0n) is 16.2. The van der Waals surface area contributed by atoms with E-state index in [2.05, 4.69) is 29.2 Å². The Morgan fingerprint density at radius 1 is 1.17 bits per heavy atom. The molecule has 2 aromatic heterocycles. The molecule has 1 aliphatic heterocycles. The predicted molar refractivity (Wildman–Crippen MR) is 106 cm³/mol. The Kier molecular flexibility index (Phi) is 6.06. The number of aromatic nitrogens is 2. The normalized spacial score (nSPS) is 21.8. The molecule has 7 heteroatoms. The van der Waals surface area contributed by atoms with Crippen LogP contribution in [0.5, 0.6) is 0 Å². The van der Waals surface area contributed by atoms with Gasteiger partial charge in [0.25, 0.3) is 0 Å². The van der Waals surface area contributed by atoms with Crippen molar-refractivity contribution in [3.05, 3.63) is 64.4 Å². The van der Waals surface area contributed by atoms with Gasteiger partial charge < -0.3 is 14.3 Å². The van der Waals surface area contributed by atoms with E-state index in [4.69, 9.17) is 14.3 Å². The van der Waals surface area contributed by atoms with Crippen LogP contribution in [0.1, 0.15) is 43.2 Å². The van der Waals surface area contributed by atoms with E-state index in [1.165, 1.54) is 10.1 Å². The number of aliphatic hydroxyl groups excluding tert-OH is 1. The molecule has 3 unspecified atom stereocenters. The van der Waals surface area contributed by atoms with Gasteiger partial charge >= 0.3 is 5.69 Å². The van der Waals surface area contributed by atoms with Crippen LogP contribution in [-0.2, 0) is 17.6 Å². The van der Waals surface area contributed by atoms with Gasteiger partial charge in [-0.3, -0.25) is 4.57 Å². The monoisotopic (exact) mass is 400 g/mol. The molecule has 3 atom stereocenters. The fourth-order valence-electron chi connectivity index (χ4n) is 3.78. The molecule has 0 bridgehead atoms. The van der Waals surface area contributed by atoms with E-state index in [0.717, 1.165) is 37.9 Å². The summed E-state index contributed by atoms with van der Waals surface area (Å²) in [5, 5.41) is 9.84. The Bertz CT molecular complexity index is 1000. The van der Waals surface area contributed by atoms with Gasteiger partial charge in [-0.25, -0.2) is 9.18 Å². The first-order valence-corrected chi connectivity index (χ1v) is 10.1. The molecule has 1 aromatic carbocycles. The Morgan fingerprint density at radius 2 is 1.97 bits per heavy atom. The minimum Gasteiger partial charge on any atom is -0.443 e. The smallest absolute Gasteiger partial charge is 0.353 e. The molecular weight excluding hydrogens is 375 g/mol. The number of unbranched alkanes of at least 4 members (excludes halogenated alkanes) is 2. The summed E-state index contributed by atoms with van der Waals surface area (Å²) in [7, 11) is 0. The molecule has 1 aliphatic rings. The van der Waals surface area contributed by atoms with Crippen LogP contribution in [-0.4, -0.2) is 33.5 Å². The van der Waals surface area contributed by atoms with Crippen molar-refractivity contribution < 1.29 is 18.7 Å². The summed E-state index contributed by atoms with van der Waals surface area (Å²) in [5.74, 6) is 0.785. The molecule has 4 rings (SSSR count). The number of rotatable bonds is 8. The van der Waals surface area contributed by atoms with Gasteiger partial charge in [-0.05, 0) is 30.9 Å². The number of benzene rings is 1. The fraction of sp³-hybridized carbons (Fsp3) is 0.455. The van der Waals surface area contributed by atoms with E-state index in [1.807, 2.05) is 12.1 Å². The fourth-order valence-corrected chi connectivity index (χ4v) is 3.78. The van der Waals surface area contributed by atoms with Gasteiger partial charge in [0, 0.05) is 19.0 Å². The summed E-state index contributed by atoms with van der Waals surface area (Å²) in [5.41, 5.74) is 1.09. The van der Waals surface area contributed by atoms with Gasteiger partial charge in [0.05, 0.1) is 12.0 Å². The molecule has 154 valence electrons. The van der Waals surface area contributed by atoms with Crippen molar-refractivity contribution in [2.24, 2.45) is 0 Å². The Hall–Kier alpha value is -2.51. The lowest BCUT2D eigenvalue weighted by molar-refractivity contribution is -0.0353. The van der Waals surface area contributed by atoms with E-state index < -0.39 is 30.8 Å². The molecular formula is C22H25FN2O4. The third-order valence-electron chi connectivity index (χ3n) is 5.37. The van der Waals surface area contributed by atoms with Gasteiger partial charge in [-0.15, -0.1) is 0 Å². The number of hydrogen-bond acceptors (Lipinski definition) is 5. The number of alkyl halides is 1. The zero-order chi connectivity index (χ0) is 20.2. The molecule has 1 fully saturated rings. The molecule has 0 radical (unpaired) electrons. The lowest BCUT2D eigenvalue weighted by atomic mass is 10.1. The minimum absolute atomic E-state index is 0.0183. The maximum atomic E-state index is 13.8. The van der Waals surface area contributed by atoms with Crippen LogP contribution in [0.4, 0.5) is 4.39 Å². The Balaban J connectivity index is 1.36. The summed E-state index contributed by atoms with van der Waals surface area (Å²) in [4.78, 5) is 16.3. The van der Waals surface area contributed by atoms with E-state index >= 15 is 0 Å². The highest BCUT2D eigenvalue weighted by molar-refractivity contribution is 5.72. The maximum Gasteiger partial charge on any atom is 0.353 e. The zero-order valence-corrected chi connectivity index (χ0v) is 16.2. The number of halogens is 1. The second kappa shape index (κ2) is 8.88. The molecule has 0 aliphatic carbocycles. The van der Waals surface area contributed by atoms with Crippen LogP contribution in [0.3, 0.4) is 0 Å². The third-order valence-corrected chi connectivity index (χ3v) is 5.37. The topological polar surface area (TPSA) is 77.5 Å². The predicted octanol–water partition coefficient (Wildman–Crippen LogP) is 3.56. The molecule has 1 N–H and O–H groups in total. The van der Waals surface area contributed by atoms with Gasteiger partial charge in [0.15, 0.2) is 0 Å². The number of furan rings is 1. The van der Waals surface area contributed by atoms with Crippen LogP contribution in [0, 0.1) is 0 Å². The first-order valence-electron chi connectivity index (χ1n) is 10.1. The molecule has 3 heterocycles. The number of ether oxygens (including phenoxy) is 1. The highest BCUT2D eigenvalue weighted by atomic mass is 19.1. The van der Waals surface area contributed by atoms with Crippen molar-refractivity contribution in [2.75, 3.05) is 6.61 Å². The van der Waals surface area contributed by atoms with Crippen molar-refractivity contribution >= 4 is 11.1 Å². The summed E-state index contributed by atoms with van der Waals surface area (Å²) in [6.45, 7) is -0.414. The largest absolute Gasteiger partial charge is 0.443 e. The molecule has 0 amide bonds. The van der Waals surface area contributed by atoms with Crippen LogP contribution < -0.4 is 5.69 Å². The van der Waals surface area contributed by atoms with Crippen LogP contribution >= 0.6 is 0 Å². The van der Waals surface area contributed by atoms with Gasteiger partial charge in [-0.2, -0.15) is 4.98 Å². The average Bonchev–Trinajstić information content (AvgIpc) is 3.29. The van der Waals surface area contributed by atoms with Crippen LogP contribution in [0.2, 0.25) is 0 Å². The van der Waals surface area contributed by atoms with E-state index in [1.54, 1.807) is 6.20 Å². The molecule has 0 spiro atoms. The number of nitrogens with zero attached hydrogens (tertiary/aromatic N) is 2. The number of aliphatic hydroxyl groups is 1. The highest BCUT2D eigenvalue weighted by Crippen LogP contribution is 2.30. The molecule has 0 saturated carbocycles. The average molecular weight is 400 g/mol. The SMILES string of the molecule is O=c1nc2oc(CCCCCc3ccccc3)cc2cn1C1CC(F)C(CO)O1. The van der Waals surface area contributed by atoms with Gasteiger partial charge in [0.2, 0.25) is 5.71 Å². The number of fused-ring (bicyclic) bond motifs is 1. The molecule has 6 nitrogen and oxygen atoms in total. The second-order valence-corrected chi connectivity index (χ2v) is 7.51. The minimum atomic E-state index is -1.30. The first-order chi connectivity index (χ1) is 14.1. The lowest BCUT2D eigenvalue weighted by Gasteiger charge is -2.13. The molecule has 1 saturated heterocycles. The van der Waals surface area contributed by atoms with E-state index in [-0.39, 0.29) is 6.42 Å². The number of aryl methyl sites for hydroxylation is 2. The summed E-state index contributed by atoms with van der Waals surface area (Å²) in [6.07, 6.45) is 3.68. The van der Waals surface area contributed by atoms with Gasteiger partial charge in [-0.1, -0.05) is 36.8 Å². The third kappa shape index (κ3) is 4.57. The second-order valence-electron chi connectivity index (χ2n) is 7.51. The Labute approximate surface area is 167 Å². The number of hydrogen-bond donors (Lipinski definition) is 1. The van der Waals surface area contributed by atoms with Crippen molar-refractivity contribution in [2.45, 2.75) is 57.0 Å². The quantitative estimate of drug-likeness (QED) is 0.585. The first kappa shape index (κ1) is 19.8. The highest BCUT2D eigenvalue weighted by Gasteiger charge is 2.36. The van der Waals surface area contributed by atoms with E-state index in [0.29, 0.717) is 11.1 Å². The molecule has 29 heavy (non-hydrogen) atoms. The van der Waals surface area contributed by atoms with Crippen molar-refractivity contribution in [3.8, 4) is 0 Å². The van der Waals surface area contributed by atoms with Gasteiger partial charge in [0.1, 0.15) is 24.3 Å². The van der Waals surface area contributed by atoms with Crippen LogP contribution in [0.15, 0.2) is 51.8 Å².